The van der Waals surface area contributed by atoms with Crippen LogP contribution >= 0.6 is 0 Å². The molecule has 0 radical (unpaired) electrons. The second-order valence-corrected chi connectivity index (χ2v) is 5.74. The smallest absolute Gasteiger partial charge is 0.0576 e. The highest BCUT2D eigenvalue weighted by molar-refractivity contribution is 4.74. The van der Waals surface area contributed by atoms with Gasteiger partial charge in [-0.25, -0.2) is 0 Å². The number of hydrogen-bond donors (Lipinski definition) is 1. The van der Waals surface area contributed by atoms with Crippen molar-refractivity contribution in [3.05, 3.63) is 0 Å². The molecule has 2 unspecified atom stereocenters. The SMILES string of the molecule is CC(C)(C)CC(N)CCC1CCCO1. The van der Waals surface area contributed by atoms with Gasteiger partial charge in [0.15, 0.2) is 0 Å². The average Bonchev–Trinajstić information content (AvgIpc) is 2.49. The van der Waals surface area contributed by atoms with Crippen molar-refractivity contribution >= 4 is 0 Å². The molecule has 0 amide bonds. The molecular weight excluding hydrogens is 174 g/mol. The molecule has 1 aliphatic rings. The van der Waals surface area contributed by atoms with Crippen molar-refractivity contribution in [3.8, 4) is 0 Å². The second-order valence-electron chi connectivity index (χ2n) is 5.74. The average molecular weight is 199 g/mol. The summed E-state index contributed by atoms with van der Waals surface area (Å²) in [6.07, 6.45) is 6.35. The number of rotatable bonds is 4. The van der Waals surface area contributed by atoms with Crippen molar-refractivity contribution in [1.29, 1.82) is 0 Å². The fraction of sp³-hybridized carbons (Fsp3) is 1.00. The number of hydrogen-bond acceptors (Lipinski definition) is 2. The van der Waals surface area contributed by atoms with E-state index in [4.69, 9.17) is 10.5 Å². The fourth-order valence-electron chi connectivity index (χ4n) is 2.16. The van der Waals surface area contributed by atoms with Crippen molar-refractivity contribution < 1.29 is 4.74 Å². The third-order valence-corrected chi connectivity index (χ3v) is 2.76. The maximum Gasteiger partial charge on any atom is 0.0576 e. The van der Waals surface area contributed by atoms with E-state index in [9.17, 15) is 0 Å². The van der Waals surface area contributed by atoms with E-state index < -0.39 is 0 Å². The minimum atomic E-state index is 0.346. The summed E-state index contributed by atoms with van der Waals surface area (Å²) in [5.74, 6) is 0. The van der Waals surface area contributed by atoms with Crippen LogP contribution in [0, 0.1) is 5.41 Å². The Morgan fingerprint density at radius 2 is 2.14 bits per heavy atom. The predicted molar refractivity (Wildman–Crippen MR) is 60.3 cm³/mol. The Labute approximate surface area is 88.2 Å². The summed E-state index contributed by atoms with van der Waals surface area (Å²) in [4.78, 5) is 0. The third-order valence-electron chi connectivity index (χ3n) is 2.76. The first-order valence-electron chi connectivity index (χ1n) is 5.84. The van der Waals surface area contributed by atoms with Gasteiger partial charge >= 0.3 is 0 Å². The maximum atomic E-state index is 6.08. The lowest BCUT2D eigenvalue weighted by Crippen LogP contribution is -2.27. The Morgan fingerprint density at radius 1 is 1.43 bits per heavy atom. The molecule has 2 atom stereocenters. The standard InChI is InChI=1S/C12H25NO/c1-12(2,3)9-10(13)6-7-11-5-4-8-14-11/h10-11H,4-9,13H2,1-3H3. The van der Waals surface area contributed by atoms with Crippen LogP contribution in [0.2, 0.25) is 0 Å². The van der Waals surface area contributed by atoms with E-state index in [2.05, 4.69) is 20.8 Å². The molecule has 1 heterocycles. The monoisotopic (exact) mass is 199 g/mol. The van der Waals surface area contributed by atoms with Crippen LogP contribution in [0.5, 0.6) is 0 Å². The van der Waals surface area contributed by atoms with E-state index in [0.717, 1.165) is 25.9 Å². The molecular formula is C12H25NO. The third kappa shape index (κ3) is 4.97. The molecule has 1 aliphatic heterocycles. The first kappa shape index (κ1) is 12.0. The molecule has 0 aromatic heterocycles. The second kappa shape index (κ2) is 5.13. The van der Waals surface area contributed by atoms with Crippen LogP contribution < -0.4 is 5.73 Å². The highest BCUT2D eigenvalue weighted by Gasteiger charge is 2.19. The summed E-state index contributed by atoms with van der Waals surface area (Å²) in [6.45, 7) is 7.70. The van der Waals surface area contributed by atoms with Gasteiger partial charge in [0.05, 0.1) is 6.10 Å². The summed E-state index contributed by atoms with van der Waals surface area (Å²) in [5.41, 5.74) is 6.44. The van der Waals surface area contributed by atoms with Gasteiger partial charge in [0, 0.05) is 12.6 Å². The van der Waals surface area contributed by atoms with Gasteiger partial charge in [0.25, 0.3) is 0 Å². The van der Waals surface area contributed by atoms with Gasteiger partial charge in [-0.2, -0.15) is 0 Å². The number of ether oxygens (including phenoxy) is 1. The Kier molecular flexibility index (Phi) is 4.39. The Bertz CT molecular complexity index is 156. The zero-order valence-electron chi connectivity index (χ0n) is 9.88. The first-order valence-corrected chi connectivity index (χ1v) is 5.84. The summed E-state index contributed by atoms with van der Waals surface area (Å²) >= 11 is 0. The molecule has 0 aliphatic carbocycles. The topological polar surface area (TPSA) is 35.2 Å². The van der Waals surface area contributed by atoms with E-state index in [1.807, 2.05) is 0 Å². The van der Waals surface area contributed by atoms with Crippen LogP contribution in [0.4, 0.5) is 0 Å². The molecule has 1 saturated heterocycles. The lowest BCUT2D eigenvalue weighted by molar-refractivity contribution is 0.0993. The van der Waals surface area contributed by atoms with Crippen molar-refractivity contribution in [2.75, 3.05) is 6.61 Å². The Hall–Kier alpha value is -0.0800. The summed E-state index contributed by atoms with van der Waals surface area (Å²) in [6, 6.07) is 0.346. The summed E-state index contributed by atoms with van der Waals surface area (Å²) in [7, 11) is 0. The van der Waals surface area contributed by atoms with Gasteiger partial charge in [-0.15, -0.1) is 0 Å². The minimum absolute atomic E-state index is 0.346. The molecule has 0 aromatic rings. The minimum Gasteiger partial charge on any atom is -0.378 e. The number of nitrogens with two attached hydrogens (primary N) is 1. The van der Waals surface area contributed by atoms with E-state index in [-0.39, 0.29) is 0 Å². The van der Waals surface area contributed by atoms with Crippen LogP contribution in [0.25, 0.3) is 0 Å². The van der Waals surface area contributed by atoms with Crippen LogP contribution in [0.1, 0.15) is 52.9 Å². The largest absolute Gasteiger partial charge is 0.378 e. The van der Waals surface area contributed by atoms with Crippen LogP contribution in [-0.2, 0) is 4.74 Å². The van der Waals surface area contributed by atoms with E-state index in [1.165, 1.54) is 12.8 Å². The van der Waals surface area contributed by atoms with Gasteiger partial charge in [-0.1, -0.05) is 20.8 Å². The zero-order chi connectivity index (χ0) is 10.6. The quantitative estimate of drug-likeness (QED) is 0.755. The van der Waals surface area contributed by atoms with Crippen LogP contribution in [-0.4, -0.2) is 18.8 Å². The summed E-state index contributed by atoms with van der Waals surface area (Å²) < 4.78 is 5.58. The molecule has 0 spiro atoms. The Balaban J connectivity index is 2.11. The van der Waals surface area contributed by atoms with Gasteiger partial charge in [-0.05, 0) is 37.5 Å². The first-order chi connectivity index (χ1) is 6.47. The summed E-state index contributed by atoms with van der Waals surface area (Å²) in [5, 5.41) is 0. The van der Waals surface area contributed by atoms with Crippen molar-refractivity contribution in [2.24, 2.45) is 11.1 Å². The molecule has 2 nitrogen and oxygen atoms in total. The Morgan fingerprint density at radius 3 is 2.64 bits per heavy atom. The van der Waals surface area contributed by atoms with Gasteiger partial charge in [0.1, 0.15) is 0 Å². The van der Waals surface area contributed by atoms with E-state index in [1.54, 1.807) is 0 Å². The maximum absolute atomic E-state index is 6.08. The zero-order valence-corrected chi connectivity index (χ0v) is 9.88. The molecule has 0 bridgehead atoms. The van der Waals surface area contributed by atoms with Gasteiger partial charge in [-0.3, -0.25) is 0 Å². The fourth-order valence-corrected chi connectivity index (χ4v) is 2.16. The normalized spacial score (nSPS) is 25.3. The molecule has 2 N–H and O–H groups in total. The molecule has 1 rings (SSSR count). The molecule has 2 heteroatoms. The van der Waals surface area contributed by atoms with Crippen LogP contribution in [0.3, 0.4) is 0 Å². The van der Waals surface area contributed by atoms with Crippen molar-refractivity contribution in [2.45, 2.75) is 65.0 Å². The molecule has 1 fully saturated rings. The van der Waals surface area contributed by atoms with E-state index in [0.29, 0.717) is 17.6 Å². The van der Waals surface area contributed by atoms with Crippen LogP contribution in [0.15, 0.2) is 0 Å². The molecule has 84 valence electrons. The highest BCUT2D eigenvalue weighted by Crippen LogP contribution is 2.23. The van der Waals surface area contributed by atoms with Gasteiger partial charge < -0.3 is 10.5 Å². The molecule has 0 saturated carbocycles. The van der Waals surface area contributed by atoms with E-state index >= 15 is 0 Å². The molecule has 14 heavy (non-hydrogen) atoms. The predicted octanol–water partition coefficient (Wildman–Crippen LogP) is 2.71. The molecule has 0 aromatic carbocycles. The highest BCUT2D eigenvalue weighted by atomic mass is 16.5. The van der Waals surface area contributed by atoms with Gasteiger partial charge in [0.2, 0.25) is 0 Å². The van der Waals surface area contributed by atoms with Crippen molar-refractivity contribution in [1.82, 2.24) is 0 Å². The lowest BCUT2D eigenvalue weighted by atomic mass is 9.86. The van der Waals surface area contributed by atoms with Crippen molar-refractivity contribution in [3.63, 3.8) is 0 Å². The lowest BCUT2D eigenvalue weighted by Gasteiger charge is -2.23.